The molecule has 0 bridgehead atoms. The fraction of sp³-hybridized carbons (Fsp3) is 0.261. The Hall–Kier alpha value is -2.08. The van der Waals surface area contributed by atoms with Crippen LogP contribution >= 0.6 is 0 Å². The van der Waals surface area contributed by atoms with Gasteiger partial charge in [0.25, 0.3) is 0 Å². The summed E-state index contributed by atoms with van der Waals surface area (Å²) in [7, 11) is 0. The smallest absolute Gasteiger partial charge is 0.0218 e. The summed E-state index contributed by atoms with van der Waals surface area (Å²) in [5, 5.41) is 0. The molecule has 0 N–H and O–H groups in total. The first-order chi connectivity index (χ1) is 11.0. The SMILES string of the molecule is CC1=C(c2cccc3c2[CH]c2ccccc2-3)CC=C1C(C)(C)C. The van der Waals surface area contributed by atoms with Gasteiger partial charge in [-0.15, -0.1) is 0 Å². The second-order valence-corrected chi connectivity index (χ2v) is 7.67. The van der Waals surface area contributed by atoms with Crippen molar-refractivity contribution in [3.63, 3.8) is 0 Å². The van der Waals surface area contributed by atoms with Gasteiger partial charge in [-0.05, 0) is 63.3 Å². The van der Waals surface area contributed by atoms with Gasteiger partial charge in [-0.25, -0.2) is 0 Å². The molecule has 2 aliphatic carbocycles. The highest BCUT2D eigenvalue weighted by molar-refractivity contribution is 5.89. The topological polar surface area (TPSA) is 0 Å². The Bertz CT molecular complexity index is 854. The van der Waals surface area contributed by atoms with Crippen molar-refractivity contribution >= 4 is 5.57 Å². The lowest BCUT2D eigenvalue weighted by molar-refractivity contribution is 0.512. The van der Waals surface area contributed by atoms with Gasteiger partial charge in [-0.3, -0.25) is 0 Å². The summed E-state index contributed by atoms with van der Waals surface area (Å²) in [6, 6.07) is 15.5. The number of hydrogen-bond acceptors (Lipinski definition) is 0. The Labute approximate surface area is 139 Å². The van der Waals surface area contributed by atoms with E-state index in [2.05, 4.69) is 82.7 Å². The predicted molar refractivity (Wildman–Crippen MR) is 99.1 cm³/mol. The van der Waals surface area contributed by atoms with Gasteiger partial charge >= 0.3 is 0 Å². The summed E-state index contributed by atoms with van der Waals surface area (Å²) in [4.78, 5) is 0. The van der Waals surface area contributed by atoms with Crippen LogP contribution < -0.4 is 0 Å². The maximum absolute atomic E-state index is 2.42. The molecule has 2 aromatic rings. The molecule has 2 aromatic carbocycles. The van der Waals surface area contributed by atoms with E-state index < -0.39 is 0 Å². The van der Waals surface area contributed by atoms with Gasteiger partial charge in [0.1, 0.15) is 0 Å². The Morgan fingerprint density at radius 3 is 2.26 bits per heavy atom. The maximum atomic E-state index is 2.42. The van der Waals surface area contributed by atoms with Gasteiger partial charge in [-0.2, -0.15) is 0 Å². The predicted octanol–water partition coefficient (Wildman–Crippen LogP) is 6.42. The van der Waals surface area contributed by atoms with E-state index in [0.29, 0.717) is 0 Å². The average molecular weight is 299 g/mol. The minimum Gasteiger partial charge on any atom is -0.0761 e. The van der Waals surface area contributed by atoms with E-state index in [1.807, 2.05) is 0 Å². The Morgan fingerprint density at radius 1 is 0.826 bits per heavy atom. The lowest BCUT2D eigenvalue weighted by atomic mass is 9.82. The summed E-state index contributed by atoms with van der Waals surface area (Å²) < 4.78 is 0. The van der Waals surface area contributed by atoms with Gasteiger partial charge in [-0.1, -0.05) is 69.3 Å². The molecule has 0 atom stereocenters. The molecule has 0 fully saturated rings. The minimum absolute atomic E-state index is 0.219. The van der Waals surface area contributed by atoms with Crippen molar-refractivity contribution < 1.29 is 0 Å². The molecule has 0 nitrogen and oxygen atoms in total. The van der Waals surface area contributed by atoms with Gasteiger partial charge in [0.2, 0.25) is 0 Å². The van der Waals surface area contributed by atoms with Gasteiger partial charge < -0.3 is 0 Å². The van der Waals surface area contributed by atoms with Crippen molar-refractivity contribution in [3.8, 4) is 11.1 Å². The molecule has 1 radical (unpaired) electrons. The zero-order valence-corrected chi connectivity index (χ0v) is 14.4. The van der Waals surface area contributed by atoms with E-state index in [9.17, 15) is 0 Å². The molecule has 0 heteroatoms. The number of rotatable bonds is 1. The van der Waals surface area contributed by atoms with Gasteiger partial charge in [0.05, 0.1) is 0 Å². The van der Waals surface area contributed by atoms with Crippen molar-refractivity contribution in [2.45, 2.75) is 34.1 Å². The van der Waals surface area contributed by atoms with E-state index in [-0.39, 0.29) is 5.41 Å². The third-order valence-electron chi connectivity index (χ3n) is 5.16. The van der Waals surface area contributed by atoms with E-state index in [4.69, 9.17) is 0 Å². The zero-order valence-electron chi connectivity index (χ0n) is 14.4. The van der Waals surface area contributed by atoms with Crippen LogP contribution in [0.2, 0.25) is 0 Å². The molecule has 0 amide bonds. The van der Waals surface area contributed by atoms with Crippen molar-refractivity contribution in [3.05, 3.63) is 82.8 Å². The normalized spacial score (nSPS) is 16.4. The molecular formula is C23H23. The highest BCUT2D eigenvalue weighted by atomic mass is 14.3. The first-order valence-corrected chi connectivity index (χ1v) is 8.45. The second kappa shape index (κ2) is 4.96. The van der Waals surface area contributed by atoms with E-state index in [1.165, 1.54) is 44.5 Å². The van der Waals surface area contributed by atoms with Crippen LogP contribution in [-0.2, 0) is 0 Å². The molecule has 0 aromatic heterocycles. The summed E-state index contributed by atoms with van der Waals surface area (Å²) in [5.41, 5.74) is 11.6. The summed E-state index contributed by atoms with van der Waals surface area (Å²) in [5.74, 6) is 0. The molecule has 0 saturated carbocycles. The molecule has 0 spiro atoms. The molecule has 0 saturated heterocycles. The Kier molecular flexibility index (Phi) is 3.13. The van der Waals surface area contributed by atoms with E-state index in [0.717, 1.165) is 6.42 Å². The lowest BCUT2D eigenvalue weighted by Crippen LogP contribution is -2.09. The van der Waals surface area contributed by atoms with Crippen LogP contribution in [0.25, 0.3) is 16.7 Å². The number of allylic oxidation sites excluding steroid dienone is 4. The van der Waals surface area contributed by atoms with Crippen molar-refractivity contribution in [1.82, 2.24) is 0 Å². The highest BCUT2D eigenvalue weighted by Gasteiger charge is 2.28. The standard InChI is InChI=1S/C23H23/c1-15-17(12-13-22(15)23(2,3)4)19-10-7-11-20-18-9-6-5-8-16(18)14-21(19)20/h5-11,13-14H,12H2,1-4H3. The Morgan fingerprint density at radius 2 is 1.52 bits per heavy atom. The van der Waals surface area contributed by atoms with Crippen LogP contribution in [0.1, 0.15) is 50.8 Å². The second-order valence-electron chi connectivity index (χ2n) is 7.67. The lowest BCUT2D eigenvalue weighted by Gasteiger charge is -2.22. The molecule has 2 aliphatic rings. The molecule has 4 rings (SSSR count). The molecular weight excluding hydrogens is 276 g/mol. The fourth-order valence-electron chi connectivity index (χ4n) is 4.10. The monoisotopic (exact) mass is 299 g/mol. The van der Waals surface area contributed by atoms with Crippen LogP contribution in [0.15, 0.2) is 59.7 Å². The van der Waals surface area contributed by atoms with Crippen LogP contribution in [0.3, 0.4) is 0 Å². The van der Waals surface area contributed by atoms with Crippen LogP contribution in [0.5, 0.6) is 0 Å². The molecule has 0 unspecified atom stereocenters. The Balaban J connectivity index is 1.84. The van der Waals surface area contributed by atoms with Gasteiger partial charge in [0, 0.05) is 6.42 Å². The number of fused-ring (bicyclic) bond motifs is 3. The minimum atomic E-state index is 0.219. The number of hydrogen-bond donors (Lipinski definition) is 0. The fourth-order valence-corrected chi connectivity index (χ4v) is 4.10. The third-order valence-corrected chi connectivity index (χ3v) is 5.16. The van der Waals surface area contributed by atoms with Crippen molar-refractivity contribution in [1.29, 1.82) is 0 Å². The third kappa shape index (κ3) is 2.20. The first kappa shape index (κ1) is 14.5. The van der Waals surface area contributed by atoms with Crippen LogP contribution in [0, 0.1) is 11.8 Å². The first-order valence-electron chi connectivity index (χ1n) is 8.45. The quantitative estimate of drug-likeness (QED) is 0.486. The summed E-state index contributed by atoms with van der Waals surface area (Å²) in [6.45, 7) is 9.22. The zero-order chi connectivity index (χ0) is 16.2. The van der Waals surface area contributed by atoms with E-state index >= 15 is 0 Å². The van der Waals surface area contributed by atoms with Crippen molar-refractivity contribution in [2.75, 3.05) is 0 Å². The maximum Gasteiger partial charge on any atom is 0.0218 e. The molecule has 0 heterocycles. The largest absolute Gasteiger partial charge is 0.0761 e. The molecule has 115 valence electrons. The van der Waals surface area contributed by atoms with E-state index in [1.54, 1.807) is 0 Å². The van der Waals surface area contributed by atoms with Gasteiger partial charge in [0.15, 0.2) is 0 Å². The van der Waals surface area contributed by atoms with Crippen molar-refractivity contribution in [2.24, 2.45) is 5.41 Å². The highest BCUT2D eigenvalue weighted by Crippen LogP contribution is 2.46. The molecule has 0 aliphatic heterocycles. The van der Waals surface area contributed by atoms with Crippen LogP contribution in [0.4, 0.5) is 0 Å². The summed E-state index contributed by atoms with van der Waals surface area (Å²) in [6.07, 6.45) is 5.83. The molecule has 23 heavy (non-hydrogen) atoms. The average Bonchev–Trinajstić information content (AvgIpc) is 3.07. The number of benzene rings is 2. The summed E-state index contributed by atoms with van der Waals surface area (Å²) >= 11 is 0. The van der Waals surface area contributed by atoms with Crippen LogP contribution in [-0.4, -0.2) is 0 Å².